The number of nitrogens with zero attached hydrogens (tertiary/aromatic N) is 2. The molecule has 0 bridgehead atoms. The molecule has 3 rings (SSSR count). The Balaban J connectivity index is 1.93. The SMILES string of the molecule is COc1ccc(COc2cc([N+](=O)[O-])cc(C(F)(F)c3cccc(C#N)c3)c2)cc1. The smallest absolute Gasteiger partial charge is 0.298 e. The number of nitro groups is 1. The molecule has 3 aromatic rings. The highest BCUT2D eigenvalue weighted by molar-refractivity contribution is 5.48. The third kappa shape index (κ3) is 4.52. The van der Waals surface area contributed by atoms with Crippen molar-refractivity contribution < 1.29 is 23.2 Å². The molecule has 0 aliphatic carbocycles. The van der Waals surface area contributed by atoms with E-state index in [-0.39, 0.29) is 17.9 Å². The summed E-state index contributed by atoms with van der Waals surface area (Å²) in [5.74, 6) is -2.97. The minimum Gasteiger partial charge on any atom is -0.497 e. The molecule has 6 nitrogen and oxygen atoms in total. The first kappa shape index (κ1) is 20.7. The van der Waals surface area contributed by atoms with Crippen LogP contribution in [0.25, 0.3) is 0 Å². The Bertz CT molecular complexity index is 1110. The molecule has 0 unspecified atom stereocenters. The molecule has 30 heavy (non-hydrogen) atoms. The maximum absolute atomic E-state index is 15.1. The minimum atomic E-state index is -3.56. The Hall–Kier alpha value is -3.99. The largest absolute Gasteiger partial charge is 0.497 e. The number of halogens is 2. The number of hydrogen-bond donors (Lipinski definition) is 0. The maximum atomic E-state index is 15.1. The van der Waals surface area contributed by atoms with E-state index in [0.29, 0.717) is 5.75 Å². The second-order valence-electron chi connectivity index (χ2n) is 6.38. The van der Waals surface area contributed by atoms with Crippen LogP contribution in [0.1, 0.15) is 22.3 Å². The summed E-state index contributed by atoms with van der Waals surface area (Å²) in [5, 5.41) is 20.2. The van der Waals surface area contributed by atoms with Gasteiger partial charge >= 0.3 is 0 Å². The highest BCUT2D eigenvalue weighted by atomic mass is 19.3. The molecule has 0 spiro atoms. The molecule has 8 heteroatoms. The predicted molar refractivity (Wildman–Crippen MR) is 105 cm³/mol. The quantitative estimate of drug-likeness (QED) is 0.395. The standard InChI is InChI=1S/C22H16F2N2O4/c1-29-20-7-5-15(6-8-20)14-30-21-11-18(10-19(12-21)26(27)28)22(23,24)17-4-2-3-16(9-17)13-25/h2-12H,14H2,1H3. The van der Waals surface area contributed by atoms with Gasteiger partial charge in [-0.1, -0.05) is 24.3 Å². The topological polar surface area (TPSA) is 85.4 Å². The lowest BCUT2D eigenvalue weighted by atomic mass is 9.98. The summed E-state index contributed by atoms with van der Waals surface area (Å²) in [6.07, 6.45) is 0. The fourth-order valence-electron chi connectivity index (χ4n) is 2.79. The van der Waals surface area contributed by atoms with Crippen LogP contribution in [0.3, 0.4) is 0 Å². The normalized spacial score (nSPS) is 10.9. The highest BCUT2D eigenvalue weighted by Crippen LogP contribution is 2.39. The first-order valence-corrected chi connectivity index (χ1v) is 8.77. The monoisotopic (exact) mass is 410 g/mol. The zero-order valence-electron chi connectivity index (χ0n) is 15.8. The van der Waals surface area contributed by atoms with Crippen molar-refractivity contribution in [3.8, 4) is 17.6 Å². The van der Waals surface area contributed by atoms with Crippen LogP contribution in [0.2, 0.25) is 0 Å². The third-order valence-corrected chi connectivity index (χ3v) is 4.38. The number of rotatable bonds is 7. The molecule has 0 saturated carbocycles. The van der Waals surface area contributed by atoms with E-state index in [0.717, 1.165) is 35.9 Å². The Kier molecular flexibility index (Phi) is 5.93. The fraction of sp³-hybridized carbons (Fsp3) is 0.136. The van der Waals surface area contributed by atoms with Crippen molar-refractivity contribution in [3.05, 3.63) is 99.1 Å². The van der Waals surface area contributed by atoms with Gasteiger partial charge in [-0.25, -0.2) is 0 Å². The van der Waals surface area contributed by atoms with Crippen molar-refractivity contribution >= 4 is 5.69 Å². The van der Waals surface area contributed by atoms with Crippen LogP contribution in [0.4, 0.5) is 14.5 Å². The van der Waals surface area contributed by atoms with Gasteiger partial charge in [-0.2, -0.15) is 14.0 Å². The summed E-state index contributed by atoms with van der Waals surface area (Å²) in [4.78, 5) is 10.5. The van der Waals surface area contributed by atoms with Gasteiger partial charge in [-0.15, -0.1) is 0 Å². The van der Waals surface area contributed by atoms with Crippen molar-refractivity contribution in [2.75, 3.05) is 7.11 Å². The number of hydrogen-bond acceptors (Lipinski definition) is 5. The summed E-state index contributed by atoms with van der Waals surface area (Å²) in [7, 11) is 1.53. The predicted octanol–water partition coefficient (Wildman–Crippen LogP) is 5.19. The van der Waals surface area contributed by atoms with Gasteiger partial charge in [0.2, 0.25) is 0 Å². The van der Waals surface area contributed by atoms with Crippen LogP contribution in [-0.2, 0) is 12.5 Å². The molecular formula is C22H16F2N2O4. The van der Waals surface area contributed by atoms with E-state index in [1.807, 2.05) is 0 Å². The number of non-ortho nitro benzene ring substituents is 1. The molecule has 0 amide bonds. The van der Waals surface area contributed by atoms with Gasteiger partial charge < -0.3 is 9.47 Å². The van der Waals surface area contributed by atoms with E-state index >= 15 is 8.78 Å². The number of ether oxygens (including phenoxy) is 2. The first-order valence-electron chi connectivity index (χ1n) is 8.77. The highest BCUT2D eigenvalue weighted by Gasteiger charge is 2.36. The second-order valence-corrected chi connectivity index (χ2v) is 6.38. The van der Waals surface area contributed by atoms with E-state index in [1.165, 1.54) is 19.2 Å². The molecule has 0 aliphatic heterocycles. The van der Waals surface area contributed by atoms with Gasteiger partial charge in [0.25, 0.3) is 11.6 Å². The van der Waals surface area contributed by atoms with E-state index in [2.05, 4.69) is 0 Å². The van der Waals surface area contributed by atoms with E-state index < -0.39 is 27.7 Å². The summed E-state index contributed by atoms with van der Waals surface area (Å²) in [5.41, 5.74) is -0.765. The van der Waals surface area contributed by atoms with E-state index in [1.54, 1.807) is 30.3 Å². The Labute approximate surface area is 171 Å². The fourth-order valence-corrected chi connectivity index (χ4v) is 2.79. The Morgan fingerprint density at radius 1 is 1.03 bits per heavy atom. The van der Waals surface area contributed by atoms with Crippen molar-refractivity contribution in [1.82, 2.24) is 0 Å². The molecule has 0 fully saturated rings. The molecule has 0 radical (unpaired) electrons. The lowest BCUT2D eigenvalue weighted by Crippen LogP contribution is -2.16. The first-order chi connectivity index (χ1) is 14.3. The molecular weight excluding hydrogens is 394 g/mol. The van der Waals surface area contributed by atoms with Gasteiger partial charge in [-0.3, -0.25) is 10.1 Å². The average Bonchev–Trinajstić information content (AvgIpc) is 2.77. The van der Waals surface area contributed by atoms with Gasteiger partial charge in [0, 0.05) is 17.2 Å². The van der Waals surface area contributed by atoms with Crippen LogP contribution in [-0.4, -0.2) is 12.0 Å². The Morgan fingerprint density at radius 3 is 2.40 bits per heavy atom. The van der Waals surface area contributed by atoms with Crippen molar-refractivity contribution in [2.24, 2.45) is 0 Å². The van der Waals surface area contributed by atoms with Crippen LogP contribution in [0.5, 0.6) is 11.5 Å². The zero-order chi connectivity index (χ0) is 21.7. The Morgan fingerprint density at radius 2 is 1.77 bits per heavy atom. The molecule has 152 valence electrons. The number of methoxy groups -OCH3 is 1. The molecule has 0 atom stereocenters. The lowest BCUT2D eigenvalue weighted by molar-refractivity contribution is -0.385. The van der Waals surface area contributed by atoms with Gasteiger partial charge in [0.1, 0.15) is 18.1 Å². The maximum Gasteiger partial charge on any atom is 0.298 e. The van der Waals surface area contributed by atoms with Gasteiger partial charge in [0.05, 0.1) is 29.7 Å². The summed E-state index contributed by atoms with van der Waals surface area (Å²) in [6.45, 7) is 0.0279. The van der Waals surface area contributed by atoms with Crippen LogP contribution >= 0.6 is 0 Å². The molecule has 0 aliphatic rings. The lowest BCUT2D eigenvalue weighted by Gasteiger charge is -2.18. The molecule has 0 aromatic heterocycles. The summed E-state index contributed by atoms with van der Waals surface area (Å²) in [6, 6.07) is 16.6. The summed E-state index contributed by atoms with van der Waals surface area (Å²) >= 11 is 0. The minimum absolute atomic E-state index is 0.0279. The number of benzene rings is 3. The van der Waals surface area contributed by atoms with Crippen molar-refractivity contribution in [1.29, 1.82) is 5.26 Å². The van der Waals surface area contributed by atoms with Gasteiger partial charge in [-0.05, 0) is 35.9 Å². The van der Waals surface area contributed by atoms with E-state index in [9.17, 15) is 10.1 Å². The summed E-state index contributed by atoms with van der Waals surface area (Å²) < 4.78 is 40.8. The molecule has 0 heterocycles. The van der Waals surface area contributed by atoms with Crippen molar-refractivity contribution in [3.63, 3.8) is 0 Å². The number of nitriles is 1. The van der Waals surface area contributed by atoms with Crippen LogP contribution < -0.4 is 9.47 Å². The third-order valence-electron chi connectivity index (χ3n) is 4.38. The van der Waals surface area contributed by atoms with Crippen LogP contribution in [0.15, 0.2) is 66.7 Å². The molecule has 0 N–H and O–H groups in total. The molecule has 3 aromatic carbocycles. The van der Waals surface area contributed by atoms with Gasteiger partial charge in [0.15, 0.2) is 0 Å². The van der Waals surface area contributed by atoms with Crippen LogP contribution in [0, 0.1) is 21.4 Å². The number of nitro benzene ring substituents is 1. The van der Waals surface area contributed by atoms with Crippen molar-refractivity contribution in [2.45, 2.75) is 12.5 Å². The average molecular weight is 410 g/mol. The molecule has 0 saturated heterocycles. The van der Waals surface area contributed by atoms with E-state index in [4.69, 9.17) is 14.7 Å². The second kappa shape index (κ2) is 8.57. The zero-order valence-corrected chi connectivity index (χ0v) is 15.8. The number of alkyl halides is 2.